The molecule has 2 rings (SSSR count). The quantitative estimate of drug-likeness (QED) is 0.869. The highest BCUT2D eigenvalue weighted by molar-refractivity contribution is 7.15. The Balaban J connectivity index is 2.13. The Labute approximate surface area is 118 Å². The van der Waals surface area contributed by atoms with Gasteiger partial charge in [-0.2, -0.15) is 0 Å². The molecule has 1 aromatic carbocycles. The highest BCUT2D eigenvalue weighted by atomic mass is 32.1. The Hall–Kier alpha value is -1.39. The molecule has 19 heavy (non-hydrogen) atoms. The topological polar surface area (TPSA) is 34.2 Å². The molecule has 0 fully saturated rings. The van der Waals surface area contributed by atoms with Crippen LogP contribution in [0.3, 0.4) is 0 Å². The molecule has 1 heterocycles. The molecule has 1 aromatic heterocycles. The number of nitrogens with one attached hydrogen (secondary N) is 1. The van der Waals surface area contributed by atoms with E-state index in [0.29, 0.717) is 12.6 Å². The fourth-order valence-corrected chi connectivity index (χ4v) is 2.84. The molecule has 0 spiro atoms. The largest absolute Gasteiger partial charge is 0.494 e. The zero-order chi connectivity index (χ0) is 13.7. The predicted octanol–water partition coefficient (Wildman–Crippen LogP) is 3.88. The molecule has 0 saturated carbocycles. The lowest BCUT2D eigenvalue weighted by Crippen LogP contribution is -2.16. The van der Waals surface area contributed by atoms with Crippen LogP contribution in [0.5, 0.6) is 5.75 Å². The summed E-state index contributed by atoms with van der Waals surface area (Å²) in [7, 11) is 0. The zero-order valence-electron chi connectivity index (χ0n) is 11.6. The smallest absolute Gasteiger partial charge is 0.123 e. The van der Waals surface area contributed by atoms with Crippen molar-refractivity contribution in [2.24, 2.45) is 0 Å². The highest BCUT2D eigenvalue weighted by Crippen LogP contribution is 2.29. The van der Waals surface area contributed by atoms with Crippen LogP contribution in [0.25, 0.3) is 10.6 Å². The number of rotatable bonds is 6. The van der Waals surface area contributed by atoms with Crippen molar-refractivity contribution < 1.29 is 4.74 Å². The summed E-state index contributed by atoms with van der Waals surface area (Å²) in [6.45, 7) is 7.94. The Morgan fingerprint density at radius 1 is 1.26 bits per heavy atom. The molecule has 0 radical (unpaired) electrons. The summed E-state index contributed by atoms with van der Waals surface area (Å²) in [5, 5.41) is 4.46. The molecular weight excluding hydrogens is 256 g/mol. The highest BCUT2D eigenvalue weighted by Gasteiger charge is 2.10. The van der Waals surface area contributed by atoms with Crippen molar-refractivity contribution in [3.8, 4) is 16.3 Å². The third-order valence-corrected chi connectivity index (χ3v) is 4.10. The Morgan fingerprint density at radius 2 is 2.00 bits per heavy atom. The van der Waals surface area contributed by atoms with Crippen LogP contribution in [0.4, 0.5) is 0 Å². The summed E-state index contributed by atoms with van der Waals surface area (Å²) in [5.41, 5.74) is 1.14. The van der Waals surface area contributed by atoms with E-state index in [1.165, 1.54) is 4.88 Å². The number of aromatic nitrogens is 1. The third kappa shape index (κ3) is 3.55. The lowest BCUT2D eigenvalue weighted by molar-refractivity contribution is 0.340. The van der Waals surface area contributed by atoms with Gasteiger partial charge in [-0.3, -0.25) is 0 Å². The van der Waals surface area contributed by atoms with Crippen molar-refractivity contribution in [2.45, 2.75) is 26.8 Å². The average Bonchev–Trinajstić information content (AvgIpc) is 2.90. The van der Waals surface area contributed by atoms with Gasteiger partial charge >= 0.3 is 0 Å². The predicted molar refractivity (Wildman–Crippen MR) is 80.8 cm³/mol. The van der Waals surface area contributed by atoms with E-state index in [-0.39, 0.29) is 0 Å². The molecule has 3 nitrogen and oxygen atoms in total. The van der Waals surface area contributed by atoms with Gasteiger partial charge in [0, 0.05) is 22.7 Å². The first-order valence-corrected chi connectivity index (χ1v) is 7.48. The fourth-order valence-electron chi connectivity index (χ4n) is 1.89. The maximum Gasteiger partial charge on any atom is 0.123 e. The molecule has 1 atom stereocenters. The molecule has 0 saturated heterocycles. The molecule has 1 unspecified atom stereocenters. The van der Waals surface area contributed by atoms with Gasteiger partial charge < -0.3 is 10.1 Å². The van der Waals surface area contributed by atoms with Crippen LogP contribution < -0.4 is 10.1 Å². The molecule has 0 aliphatic carbocycles. The monoisotopic (exact) mass is 276 g/mol. The number of benzene rings is 1. The second kappa shape index (κ2) is 6.68. The maximum atomic E-state index is 5.45. The van der Waals surface area contributed by atoms with Crippen molar-refractivity contribution >= 4 is 11.3 Å². The summed E-state index contributed by atoms with van der Waals surface area (Å²) < 4.78 is 5.45. The molecule has 0 aliphatic heterocycles. The molecule has 102 valence electrons. The number of hydrogen-bond donors (Lipinski definition) is 1. The Morgan fingerprint density at radius 3 is 2.63 bits per heavy atom. The van der Waals surface area contributed by atoms with Crippen LogP contribution in [0.15, 0.2) is 30.5 Å². The summed E-state index contributed by atoms with van der Waals surface area (Å²) in [5.74, 6) is 0.907. The van der Waals surface area contributed by atoms with Gasteiger partial charge in [0.1, 0.15) is 10.8 Å². The van der Waals surface area contributed by atoms with Crippen LogP contribution in [0.1, 0.15) is 31.7 Å². The second-order valence-corrected chi connectivity index (χ2v) is 5.37. The van der Waals surface area contributed by atoms with Crippen LogP contribution in [0.2, 0.25) is 0 Å². The van der Waals surface area contributed by atoms with Gasteiger partial charge in [-0.15, -0.1) is 11.3 Å². The van der Waals surface area contributed by atoms with Crippen LogP contribution in [0, 0.1) is 0 Å². The first kappa shape index (κ1) is 14.0. The SMILES string of the molecule is CCNC(C)c1cnc(-c2ccc(OCC)cc2)s1. The van der Waals surface area contributed by atoms with E-state index in [1.54, 1.807) is 11.3 Å². The van der Waals surface area contributed by atoms with Crippen molar-refractivity contribution in [3.63, 3.8) is 0 Å². The van der Waals surface area contributed by atoms with E-state index in [9.17, 15) is 0 Å². The molecule has 0 bridgehead atoms. The third-order valence-electron chi connectivity index (χ3n) is 2.87. The van der Waals surface area contributed by atoms with Crippen LogP contribution in [-0.2, 0) is 0 Å². The van der Waals surface area contributed by atoms with E-state index >= 15 is 0 Å². The normalized spacial score (nSPS) is 12.4. The molecule has 2 aromatic rings. The van der Waals surface area contributed by atoms with Crippen molar-refractivity contribution in [1.29, 1.82) is 0 Å². The first-order valence-electron chi connectivity index (χ1n) is 6.67. The zero-order valence-corrected chi connectivity index (χ0v) is 12.5. The van der Waals surface area contributed by atoms with Crippen molar-refractivity contribution in [2.75, 3.05) is 13.2 Å². The summed E-state index contributed by atoms with van der Waals surface area (Å²) in [6.07, 6.45) is 1.96. The van der Waals surface area contributed by atoms with E-state index in [0.717, 1.165) is 22.9 Å². The standard InChI is InChI=1S/C15H20N2OS/c1-4-16-11(3)14-10-17-15(19-14)12-6-8-13(9-7-12)18-5-2/h6-11,16H,4-5H2,1-3H3. The van der Waals surface area contributed by atoms with Gasteiger partial charge in [0.25, 0.3) is 0 Å². The first-order chi connectivity index (χ1) is 9.24. The van der Waals surface area contributed by atoms with E-state index in [2.05, 4.69) is 36.3 Å². The molecular formula is C15H20N2OS. The van der Waals surface area contributed by atoms with Crippen LogP contribution in [-0.4, -0.2) is 18.1 Å². The van der Waals surface area contributed by atoms with Gasteiger partial charge in [0.05, 0.1) is 6.61 Å². The summed E-state index contributed by atoms with van der Waals surface area (Å²) >= 11 is 1.74. The summed E-state index contributed by atoms with van der Waals surface area (Å²) in [6, 6.07) is 8.47. The maximum absolute atomic E-state index is 5.45. The lowest BCUT2D eigenvalue weighted by atomic mass is 10.2. The molecule has 0 aliphatic rings. The minimum atomic E-state index is 0.360. The van der Waals surface area contributed by atoms with E-state index in [1.807, 2.05) is 25.3 Å². The van der Waals surface area contributed by atoms with Gasteiger partial charge in [-0.1, -0.05) is 6.92 Å². The molecule has 1 N–H and O–H groups in total. The van der Waals surface area contributed by atoms with Crippen LogP contribution >= 0.6 is 11.3 Å². The van der Waals surface area contributed by atoms with Gasteiger partial charge in [0.15, 0.2) is 0 Å². The average molecular weight is 276 g/mol. The van der Waals surface area contributed by atoms with E-state index < -0.39 is 0 Å². The summed E-state index contributed by atoms with van der Waals surface area (Å²) in [4.78, 5) is 5.77. The van der Waals surface area contributed by atoms with E-state index in [4.69, 9.17) is 4.74 Å². The van der Waals surface area contributed by atoms with Crippen molar-refractivity contribution in [3.05, 3.63) is 35.3 Å². The Kier molecular flexibility index (Phi) is 4.93. The number of hydrogen-bond acceptors (Lipinski definition) is 4. The second-order valence-electron chi connectivity index (χ2n) is 4.30. The number of nitrogens with zero attached hydrogens (tertiary/aromatic N) is 1. The van der Waals surface area contributed by atoms with Gasteiger partial charge in [-0.05, 0) is 44.7 Å². The minimum Gasteiger partial charge on any atom is -0.494 e. The molecule has 0 amide bonds. The van der Waals surface area contributed by atoms with Gasteiger partial charge in [0.2, 0.25) is 0 Å². The molecule has 4 heteroatoms. The minimum absolute atomic E-state index is 0.360. The van der Waals surface area contributed by atoms with Gasteiger partial charge in [-0.25, -0.2) is 4.98 Å². The Bertz CT molecular complexity index is 507. The van der Waals surface area contributed by atoms with Crippen molar-refractivity contribution in [1.82, 2.24) is 10.3 Å². The lowest BCUT2D eigenvalue weighted by Gasteiger charge is -2.08. The number of ether oxygens (including phenoxy) is 1. The number of thiazole rings is 1. The fraction of sp³-hybridized carbons (Fsp3) is 0.400.